The van der Waals surface area contributed by atoms with Crippen molar-refractivity contribution in [1.82, 2.24) is 9.97 Å². The molecule has 0 aromatic carbocycles. The number of aromatic nitrogens is 2. The van der Waals surface area contributed by atoms with Crippen LogP contribution in [0.3, 0.4) is 0 Å². The first-order valence-corrected chi connectivity index (χ1v) is 7.51. The molecule has 1 atom stereocenters. The van der Waals surface area contributed by atoms with Crippen LogP contribution in [0.4, 0.5) is 11.8 Å². The van der Waals surface area contributed by atoms with Crippen molar-refractivity contribution in [2.24, 2.45) is 5.92 Å². The summed E-state index contributed by atoms with van der Waals surface area (Å²) in [5.41, 5.74) is 0. The highest BCUT2D eigenvalue weighted by Gasteiger charge is 2.20. The number of hydrogen-bond acceptors (Lipinski definition) is 4. The molecule has 1 aliphatic rings. The summed E-state index contributed by atoms with van der Waals surface area (Å²) >= 11 is 3.56. The molecule has 1 aromatic heterocycles. The highest BCUT2D eigenvalue weighted by molar-refractivity contribution is 9.10. The van der Waals surface area contributed by atoms with Crippen molar-refractivity contribution in [3.05, 3.63) is 10.7 Å². The van der Waals surface area contributed by atoms with Crippen LogP contribution < -0.4 is 10.2 Å². The van der Waals surface area contributed by atoms with Gasteiger partial charge in [-0.25, -0.2) is 4.98 Å². The van der Waals surface area contributed by atoms with Gasteiger partial charge in [-0.1, -0.05) is 13.8 Å². The molecular weight excluding hydrogens is 292 g/mol. The second-order valence-electron chi connectivity index (χ2n) is 4.99. The number of nitrogens with one attached hydrogen (secondary N) is 1. The molecule has 0 radical (unpaired) electrons. The summed E-state index contributed by atoms with van der Waals surface area (Å²) in [5, 5.41) is 3.24. The number of hydrogen-bond donors (Lipinski definition) is 1. The quantitative estimate of drug-likeness (QED) is 0.926. The molecular formula is C13H21BrN4. The first kappa shape index (κ1) is 13.6. The standard InChI is InChI=1S/C13H21BrN4/c1-3-6-15-13-16-8-11(14)12(17-13)18-7-4-5-10(2)9-18/h8,10H,3-7,9H2,1-2H3,(H,15,16,17). The monoisotopic (exact) mass is 312 g/mol. The van der Waals surface area contributed by atoms with Crippen LogP contribution in [0.1, 0.15) is 33.1 Å². The van der Waals surface area contributed by atoms with Gasteiger partial charge in [-0.2, -0.15) is 4.98 Å². The van der Waals surface area contributed by atoms with Gasteiger partial charge in [-0.3, -0.25) is 0 Å². The lowest BCUT2D eigenvalue weighted by molar-refractivity contribution is 0.444. The van der Waals surface area contributed by atoms with Crippen LogP contribution in [0.2, 0.25) is 0 Å². The van der Waals surface area contributed by atoms with Crippen LogP contribution in [0.5, 0.6) is 0 Å². The summed E-state index contributed by atoms with van der Waals surface area (Å²) in [7, 11) is 0. The average molecular weight is 313 g/mol. The van der Waals surface area contributed by atoms with Gasteiger partial charge >= 0.3 is 0 Å². The summed E-state index contributed by atoms with van der Waals surface area (Å²) in [6, 6.07) is 0. The largest absolute Gasteiger partial charge is 0.355 e. The van der Waals surface area contributed by atoms with Crippen molar-refractivity contribution in [2.75, 3.05) is 29.9 Å². The van der Waals surface area contributed by atoms with E-state index in [9.17, 15) is 0 Å². The normalized spacial score (nSPS) is 19.9. The Morgan fingerprint density at radius 3 is 3.11 bits per heavy atom. The highest BCUT2D eigenvalue weighted by Crippen LogP contribution is 2.28. The Labute approximate surface area is 117 Å². The second-order valence-corrected chi connectivity index (χ2v) is 5.84. The van der Waals surface area contributed by atoms with Gasteiger partial charge < -0.3 is 10.2 Å². The molecule has 0 spiro atoms. The maximum Gasteiger partial charge on any atom is 0.224 e. The molecule has 1 aliphatic heterocycles. The predicted octanol–water partition coefficient (Wildman–Crippen LogP) is 3.30. The summed E-state index contributed by atoms with van der Waals surface area (Å²) in [4.78, 5) is 11.3. The molecule has 1 unspecified atom stereocenters. The summed E-state index contributed by atoms with van der Waals surface area (Å²) in [6.45, 7) is 7.53. The van der Waals surface area contributed by atoms with Crippen molar-refractivity contribution in [1.29, 1.82) is 0 Å². The summed E-state index contributed by atoms with van der Waals surface area (Å²) in [5.74, 6) is 2.50. The van der Waals surface area contributed by atoms with Crippen molar-refractivity contribution >= 4 is 27.7 Å². The number of piperidine rings is 1. The third kappa shape index (κ3) is 3.34. The Kier molecular flexibility index (Phi) is 4.80. The first-order valence-electron chi connectivity index (χ1n) is 6.72. The average Bonchev–Trinajstić information content (AvgIpc) is 2.38. The number of nitrogens with zero attached hydrogens (tertiary/aromatic N) is 3. The highest BCUT2D eigenvalue weighted by atomic mass is 79.9. The lowest BCUT2D eigenvalue weighted by Gasteiger charge is -2.32. The Bertz CT molecular complexity index is 397. The van der Waals surface area contributed by atoms with Crippen LogP contribution >= 0.6 is 15.9 Å². The molecule has 0 saturated carbocycles. The first-order chi connectivity index (χ1) is 8.70. The SMILES string of the molecule is CCCNc1ncc(Br)c(N2CCCC(C)C2)n1. The van der Waals surface area contributed by atoms with Crippen LogP contribution in [0.25, 0.3) is 0 Å². The van der Waals surface area contributed by atoms with Crippen LogP contribution in [0, 0.1) is 5.92 Å². The fraction of sp³-hybridized carbons (Fsp3) is 0.692. The second kappa shape index (κ2) is 6.36. The Hall–Kier alpha value is -0.840. The number of halogens is 1. The molecule has 1 saturated heterocycles. The minimum Gasteiger partial charge on any atom is -0.355 e. The Balaban J connectivity index is 2.14. The van der Waals surface area contributed by atoms with Crippen molar-refractivity contribution < 1.29 is 0 Å². The smallest absolute Gasteiger partial charge is 0.224 e. The van der Waals surface area contributed by atoms with E-state index in [0.29, 0.717) is 0 Å². The molecule has 1 aromatic rings. The van der Waals surface area contributed by atoms with Crippen molar-refractivity contribution in [3.8, 4) is 0 Å². The molecule has 1 fully saturated rings. The fourth-order valence-corrected chi connectivity index (χ4v) is 2.73. The van der Waals surface area contributed by atoms with E-state index in [1.54, 1.807) is 0 Å². The van der Waals surface area contributed by atoms with Crippen LogP contribution in [-0.4, -0.2) is 29.6 Å². The number of anilines is 2. The van der Waals surface area contributed by atoms with E-state index in [0.717, 1.165) is 48.2 Å². The van der Waals surface area contributed by atoms with Gasteiger partial charge in [0.1, 0.15) is 5.82 Å². The van der Waals surface area contributed by atoms with E-state index in [1.165, 1.54) is 12.8 Å². The molecule has 2 heterocycles. The molecule has 4 nitrogen and oxygen atoms in total. The predicted molar refractivity (Wildman–Crippen MR) is 79.1 cm³/mol. The molecule has 18 heavy (non-hydrogen) atoms. The molecule has 5 heteroatoms. The minimum atomic E-state index is 0.730. The van der Waals surface area contributed by atoms with Gasteiger partial charge in [0.2, 0.25) is 5.95 Å². The summed E-state index contributed by atoms with van der Waals surface area (Å²) in [6.07, 6.45) is 5.49. The molecule has 100 valence electrons. The van der Waals surface area contributed by atoms with Gasteiger partial charge in [0.15, 0.2) is 0 Å². The third-order valence-corrected chi connectivity index (χ3v) is 3.77. The molecule has 0 amide bonds. The Morgan fingerprint density at radius 1 is 1.56 bits per heavy atom. The summed E-state index contributed by atoms with van der Waals surface area (Å²) < 4.78 is 0.985. The maximum absolute atomic E-state index is 4.62. The van der Waals surface area contributed by atoms with Crippen LogP contribution in [-0.2, 0) is 0 Å². The molecule has 1 N–H and O–H groups in total. The Morgan fingerprint density at radius 2 is 2.39 bits per heavy atom. The zero-order chi connectivity index (χ0) is 13.0. The van der Waals surface area contributed by atoms with Gasteiger partial charge in [0.05, 0.1) is 4.47 Å². The molecule has 2 rings (SSSR count). The lowest BCUT2D eigenvalue weighted by atomic mass is 10.0. The maximum atomic E-state index is 4.62. The van der Waals surface area contributed by atoms with Gasteiger partial charge in [-0.05, 0) is 41.1 Å². The van der Waals surface area contributed by atoms with E-state index < -0.39 is 0 Å². The molecule has 0 bridgehead atoms. The minimum absolute atomic E-state index is 0.730. The van der Waals surface area contributed by atoms with E-state index >= 15 is 0 Å². The van der Waals surface area contributed by atoms with E-state index in [4.69, 9.17) is 0 Å². The van der Waals surface area contributed by atoms with Gasteiger partial charge in [-0.15, -0.1) is 0 Å². The fourth-order valence-electron chi connectivity index (χ4n) is 2.28. The lowest BCUT2D eigenvalue weighted by Crippen LogP contribution is -2.35. The molecule has 0 aliphatic carbocycles. The third-order valence-electron chi connectivity index (χ3n) is 3.22. The zero-order valence-electron chi connectivity index (χ0n) is 11.1. The number of rotatable bonds is 4. The van der Waals surface area contributed by atoms with Gasteiger partial charge in [0.25, 0.3) is 0 Å². The van der Waals surface area contributed by atoms with Crippen molar-refractivity contribution in [2.45, 2.75) is 33.1 Å². The van der Waals surface area contributed by atoms with E-state index in [1.807, 2.05) is 6.20 Å². The zero-order valence-corrected chi connectivity index (χ0v) is 12.7. The van der Waals surface area contributed by atoms with Crippen LogP contribution in [0.15, 0.2) is 10.7 Å². The van der Waals surface area contributed by atoms with Gasteiger partial charge in [0, 0.05) is 25.8 Å². The topological polar surface area (TPSA) is 41.1 Å². The van der Waals surface area contributed by atoms with E-state index in [2.05, 4.69) is 50.0 Å². The van der Waals surface area contributed by atoms with Crippen molar-refractivity contribution in [3.63, 3.8) is 0 Å². The van der Waals surface area contributed by atoms with E-state index in [-0.39, 0.29) is 0 Å².